The number of cyclic esters (lactones) is 1. The number of fused-ring (bicyclic) bond motifs is 1. The quantitative estimate of drug-likeness (QED) is 0.254. The van der Waals surface area contributed by atoms with Gasteiger partial charge in [0, 0.05) is 22.6 Å². The highest BCUT2D eigenvalue weighted by Crippen LogP contribution is 2.32. The van der Waals surface area contributed by atoms with E-state index >= 15 is 0 Å². The maximum atomic E-state index is 12.7. The van der Waals surface area contributed by atoms with Crippen LogP contribution in [0.5, 0.6) is 0 Å². The number of esters is 1. The summed E-state index contributed by atoms with van der Waals surface area (Å²) < 4.78 is 7.90. The number of nitrogens with zero attached hydrogens (tertiary/aromatic N) is 1. The molecule has 33 heavy (non-hydrogen) atoms. The zero-order valence-electron chi connectivity index (χ0n) is 19.7. The average molecular weight is 434 g/mol. The Bertz CT molecular complexity index is 1500. The summed E-state index contributed by atoms with van der Waals surface area (Å²) in [5.74, 6) is 0.280. The van der Waals surface area contributed by atoms with E-state index in [2.05, 4.69) is 93.8 Å². The van der Waals surface area contributed by atoms with Crippen LogP contribution in [0, 0.1) is 34.6 Å². The molecule has 5 rings (SSSR count). The summed E-state index contributed by atoms with van der Waals surface area (Å²) in [5.41, 5.74) is 9.64. The van der Waals surface area contributed by atoms with Gasteiger partial charge in [-0.3, -0.25) is 0 Å². The Kier molecular flexibility index (Phi) is 5.05. The SMILES string of the molecule is Cc1ccc2cc(C3=C/C(=C/c4cc(C)n(-c5cccc(C)c5C)c4C)C(=O)O3)ccc2c1. The van der Waals surface area contributed by atoms with E-state index in [0.29, 0.717) is 11.3 Å². The molecular formula is C30H27NO2. The molecule has 2 heterocycles. The van der Waals surface area contributed by atoms with Crippen molar-refractivity contribution in [1.29, 1.82) is 0 Å². The number of aromatic nitrogens is 1. The summed E-state index contributed by atoms with van der Waals surface area (Å²) in [7, 11) is 0. The third-order valence-electron chi connectivity index (χ3n) is 6.60. The highest BCUT2D eigenvalue weighted by molar-refractivity contribution is 6.05. The second kappa shape index (κ2) is 7.93. The molecule has 1 aliphatic rings. The second-order valence-electron chi connectivity index (χ2n) is 8.94. The number of carbonyl (C=O) groups is 1. The zero-order valence-corrected chi connectivity index (χ0v) is 19.7. The fourth-order valence-corrected chi connectivity index (χ4v) is 4.60. The molecule has 0 saturated heterocycles. The van der Waals surface area contributed by atoms with Crippen LogP contribution < -0.4 is 0 Å². The molecule has 1 aromatic heterocycles. The first-order valence-electron chi connectivity index (χ1n) is 11.2. The summed E-state index contributed by atoms with van der Waals surface area (Å²) in [6.07, 6.45) is 3.78. The maximum Gasteiger partial charge on any atom is 0.343 e. The maximum absolute atomic E-state index is 12.7. The van der Waals surface area contributed by atoms with E-state index in [1.54, 1.807) is 0 Å². The van der Waals surface area contributed by atoms with Gasteiger partial charge in [0.1, 0.15) is 5.76 Å². The Hall–Kier alpha value is -3.85. The number of benzene rings is 3. The van der Waals surface area contributed by atoms with Crippen LogP contribution in [0.15, 0.2) is 72.3 Å². The third-order valence-corrected chi connectivity index (χ3v) is 6.60. The molecule has 0 spiro atoms. The standard InChI is InChI=1S/C30H27NO2/c1-18-9-10-24-15-25(12-11-23(24)13-18)29-17-27(30(32)33-29)16-26-14-20(3)31(22(26)5)28-8-6-7-19(2)21(28)4/h6-17H,1-5H3/b27-16-. The molecule has 1 aliphatic heterocycles. The largest absolute Gasteiger partial charge is 0.422 e. The normalized spacial score (nSPS) is 14.8. The summed E-state index contributed by atoms with van der Waals surface area (Å²) in [4.78, 5) is 12.7. The molecule has 3 nitrogen and oxygen atoms in total. The minimum absolute atomic E-state index is 0.314. The van der Waals surface area contributed by atoms with Crippen LogP contribution in [0.1, 0.15) is 39.2 Å². The molecule has 0 fully saturated rings. The minimum Gasteiger partial charge on any atom is -0.422 e. The molecule has 0 aliphatic carbocycles. The number of hydrogen-bond donors (Lipinski definition) is 0. The van der Waals surface area contributed by atoms with Crippen molar-refractivity contribution < 1.29 is 9.53 Å². The molecule has 0 bridgehead atoms. The first-order chi connectivity index (χ1) is 15.8. The van der Waals surface area contributed by atoms with Crippen LogP contribution in [0.2, 0.25) is 0 Å². The molecule has 0 unspecified atom stereocenters. The van der Waals surface area contributed by atoms with E-state index in [9.17, 15) is 4.79 Å². The lowest BCUT2D eigenvalue weighted by Crippen LogP contribution is -2.02. The molecule has 0 radical (unpaired) electrons. The smallest absolute Gasteiger partial charge is 0.343 e. The first kappa shape index (κ1) is 21.0. The number of carbonyl (C=O) groups excluding carboxylic acids is 1. The van der Waals surface area contributed by atoms with Crippen molar-refractivity contribution in [1.82, 2.24) is 4.57 Å². The van der Waals surface area contributed by atoms with Gasteiger partial charge in [-0.1, -0.05) is 48.0 Å². The van der Waals surface area contributed by atoms with Gasteiger partial charge in [-0.15, -0.1) is 0 Å². The molecule has 3 aromatic carbocycles. The van der Waals surface area contributed by atoms with E-state index in [0.717, 1.165) is 27.9 Å². The van der Waals surface area contributed by atoms with E-state index in [4.69, 9.17) is 4.74 Å². The van der Waals surface area contributed by atoms with Gasteiger partial charge >= 0.3 is 5.97 Å². The molecule has 3 heteroatoms. The lowest BCUT2D eigenvalue weighted by Gasteiger charge is -2.14. The number of ether oxygens (including phenoxy) is 1. The van der Waals surface area contributed by atoms with Crippen LogP contribution in [-0.4, -0.2) is 10.5 Å². The van der Waals surface area contributed by atoms with Crippen LogP contribution in [0.25, 0.3) is 28.3 Å². The van der Waals surface area contributed by atoms with E-state index in [-0.39, 0.29) is 5.97 Å². The first-order valence-corrected chi connectivity index (χ1v) is 11.2. The average Bonchev–Trinajstić information content (AvgIpc) is 3.29. The van der Waals surface area contributed by atoms with Crippen molar-refractivity contribution in [2.45, 2.75) is 34.6 Å². The molecule has 0 atom stereocenters. The summed E-state index contributed by atoms with van der Waals surface area (Å²) in [6.45, 7) is 10.6. The Morgan fingerprint density at radius 3 is 2.42 bits per heavy atom. The van der Waals surface area contributed by atoms with Crippen LogP contribution in [0.4, 0.5) is 0 Å². The molecule has 0 N–H and O–H groups in total. The Labute approximate surface area is 194 Å². The van der Waals surface area contributed by atoms with E-state index < -0.39 is 0 Å². The van der Waals surface area contributed by atoms with Gasteiger partial charge in [-0.2, -0.15) is 0 Å². The molecule has 164 valence electrons. The van der Waals surface area contributed by atoms with Crippen molar-refractivity contribution in [3.63, 3.8) is 0 Å². The summed E-state index contributed by atoms with van der Waals surface area (Å²) in [6, 6.07) is 21.0. The fraction of sp³-hybridized carbons (Fsp3) is 0.167. The third kappa shape index (κ3) is 3.70. The highest BCUT2D eigenvalue weighted by Gasteiger charge is 2.23. The summed E-state index contributed by atoms with van der Waals surface area (Å²) in [5, 5.41) is 2.31. The van der Waals surface area contributed by atoms with Crippen molar-refractivity contribution in [3.05, 3.63) is 112 Å². The van der Waals surface area contributed by atoms with Gasteiger partial charge < -0.3 is 9.30 Å². The topological polar surface area (TPSA) is 31.2 Å². The predicted octanol–water partition coefficient (Wildman–Crippen LogP) is 7.15. The van der Waals surface area contributed by atoms with Gasteiger partial charge in [0.2, 0.25) is 0 Å². The predicted molar refractivity (Wildman–Crippen MR) is 135 cm³/mol. The number of aryl methyl sites for hydroxylation is 3. The minimum atomic E-state index is -0.314. The molecule has 4 aromatic rings. The lowest BCUT2D eigenvalue weighted by molar-refractivity contribution is -0.130. The van der Waals surface area contributed by atoms with Crippen molar-refractivity contribution >= 4 is 28.6 Å². The Morgan fingerprint density at radius 1 is 0.848 bits per heavy atom. The van der Waals surface area contributed by atoms with E-state index in [1.807, 2.05) is 18.2 Å². The monoisotopic (exact) mass is 433 g/mol. The molecular weight excluding hydrogens is 406 g/mol. The highest BCUT2D eigenvalue weighted by atomic mass is 16.5. The lowest BCUT2D eigenvalue weighted by atomic mass is 10.0. The van der Waals surface area contributed by atoms with Crippen LogP contribution >= 0.6 is 0 Å². The fourth-order valence-electron chi connectivity index (χ4n) is 4.60. The number of hydrogen-bond acceptors (Lipinski definition) is 2. The molecule has 0 saturated carbocycles. The van der Waals surface area contributed by atoms with Gasteiger partial charge in [-0.05, 0) is 92.4 Å². The van der Waals surface area contributed by atoms with Crippen LogP contribution in [0.3, 0.4) is 0 Å². The van der Waals surface area contributed by atoms with Gasteiger partial charge in [0.15, 0.2) is 0 Å². The van der Waals surface area contributed by atoms with Crippen LogP contribution in [-0.2, 0) is 9.53 Å². The number of rotatable bonds is 3. The summed E-state index contributed by atoms with van der Waals surface area (Å²) >= 11 is 0. The van der Waals surface area contributed by atoms with Gasteiger partial charge in [0.05, 0.1) is 5.57 Å². The van der Waals surface area contributed by atoms with Gasteiger partial charge in [0.25, 0.3) is 0 Å². The van der Waals surface area contributed by atoms with Crippen molar-refractivity contribution in [2.75, 3.05) is 0 Å². The van der Waals surface area contributed by atoms with Gasteiger partial charge in [-0.25, -0.2) is 4.79 Å². The van der Waals surface area contributed by atoms with Crippen molar-refractivity contribution in [2.24, 2.45) is 0 Å². The molecule has 0 amide bonds. The second-order valence-corrected chi connectivity index (χ2v) is 8.94. The zero-order chi connectivity index (χ0) is 23.3. The van der Waals surface area contributed by atoms with Crippen molar-refractivity contribution in [3.8, 4) is 5.69 Å². The van der Waals surface area contributed by atoms with E-state index in [1.165, 1.54) is 27.8 Å². The Morgan fingerprint density at radius 2 is 1.61 bits per heavy atom. The Balaban J connectivity index is 1.53.